The van der Waals surface area contributed by atoms with E-state index < -0.39 is 17.6 Å². The summed E-state index contributed by atoms with van der Waals surface area (Å²) in [4.78, 5) is 12.5. The third kappa shape index (κ3) is 3.39. The molecule has 6 heteroatoms. The van der Waals surface area contributed by atoms with Gasteiger partial charge in [-0.15, -0.1) is 11.3 Å². The van der Waals surface area contributed by atoms with Crippen LogP contribution in [-0.4, -0.2) is 13.1 Å². The van der Waals surface area contributed by atoms with Crippen LogP contribution in [0.15, 0.2) is 29.6 Å². The molecular formula is C15H15F2NO2S. The van der Waals surface area contributed by atoms with E-state index in [1.807, 2.05) is 24.4 Å². The average Bonchev–Trinajstić information content (AvgIpc) is 2.99. The minimum Gasteiger partial charge on any atom is -0.465 e. The molecular weight excluding hydrogens is 296 g/mol. The van der Waals surface area contributed by atoms with E-state index in [4.69, 9.17) is 0 Å². The van der Waals surface area contributed by atoms with Gasteiger partial charge in [0.15, 0.2) is 0 Å². The third-order valence-corrected chi connectivity index (χ3v) is 4.07. The second kappa shape index (κ2) is 6.67. The van der Waals surface area contributed by atoms with Gasteiger partial charge in [0.2, 0.25) is 0 Å². The molecule has 3 nitrogen and oxygen atoms in total. The van der Waals surface area contributed by atoms with E-state index in [2.05, 4.69) is 10.1 Å². The van der Waals surface area contributed by atoms with Crippen LogP contribution >= 0.6 is 11.3 Å². The molecule has 0 aliphatic heterocycles. The van der Waals surface area contributed by atoms with Gasteiger partial charge >= 0.3 is 5.97 Å². The van der Waals surface area contributed by atoms with Crippen LogP contribution in [-0.2, 0) is 4.74 Å². The van der Waals surface area contributed by atoms with E-state index in [9.17, 15) is 13.6 Å². The maximum atomic E-state index is 13.9. The first kappa shape index (κ1) is 15.4. The van der Waals surface area contributed by atoms with Crippen molar-refractivity contribution in [1.82, 2.24) is 0 Å². The van der Waals surface area contributed by atoms with Gasteiger partial charge in [-0.25, -0.2) is 13.6 Å². The van der Waals surface area contributed by atoms with Crippen molar-refractivity contribution in [2.75, 3.05) is 12.4 Å². The number of hydrogen-bond acceptors (Lipinski definition) is 4. The molecule has 21 heavy (non-hydrogen) atoms. The fourth-order valence-electron chi connectivity index (χ4n) is 1.98. The number of rotatable bonds is 5. The van der Waals surface area contributed by atoms with Gasteiger partial charge < -0.3 is 10.1 Å². The monoisotopic (exact) mass is 311 g/mol. The van der Waals surface area contributed by atoms with Crippen molar-refractivity contribution in [3.8, 4) is 0 Å². The minimum absolute atomic E-state index is 0.0806. The van der Waals surface area contributed by atoms with Crippen molar-refractivity contribution >= 4 is 23.0 Å². The van der Waals surface area contributed by atoms with Crippen LogP contribution in [0.1, 0.15) is 34.6 Å². The highest BCUT2D eigenvalue weighted by molar-refractivity contribution is 7.10. The molecule has 0 fully saturated rings. The topological polar surface area (TPSA) is 38.3 Å². The van der Waals surface area contributed by atoms with E-state index in [1.54, 1.807) is 11.3 Å². The van der Waals surface area contributed by atoms with Gasteiger partial charge in [-0.3, -0.25) is 0 Å². The van der Waals surface area contributed by atoms with E-state index >= 15 is 0 Å². The highest BCUT2D eigenvalue weighted by Gasteiger charge is 2.19. The molecule has 0 saturated carbocycles. The molecule has 1 aromatic carbocycles. The van der Waals surface area contributed by atoms with Gasteiger partial charge in [0.05, 0.1) is 24.4 Å². The van der Waals surface area contributed by atoms with Crippen LogP contribution in [0.5, 0.6) is 0 Å². The maximum absolute atomic E-state index is 13.9. The molecule has 1 N–H and O–H groups in total. The summed E-state index contributed by atoms with van der Waals surface area (Å²) in [5.74, 6) is -2.51. The Morgan fingerprint density at radius 3 is 2.71 bits per heavy atom. The maximum Gasteiger partial charge on any atom is 0.340 e. The molecule has 1 heterocycles. The van der Waals surface area contributed by atoms with Crippen molar-refractivity contribution in [1.29, 1.82) is 0 Å². The number of esters is 1. The summed E-state index contributed by atoms with van der Waals surface area (Å²) < 4.78 is 32.0. The summed E-state index contributed by atoms with van der Waals surface area (Å²) in [5, 5.41) is 4.94. The lowest BCUT2D eigenvalue weighted by molar-refractivity contribution is 0.0595. The van der Waals surface area contributed by atoms with Gasteiger partial charge in [0, 0.05) is 10.9 Å². The second-order valence-electron chi connectivity index (χ2n) is 4.42. The second-order valence-corrected chi connectivity index (χ2v) is 5.40. The zero-order chi connectivity index (χ0) is 15.4. The standard InChI is InChI=1S/C15H15F2NO2S/c1-3-12(14-5-4-6-21-14)18-13-7-9(15(19)20-2)10(16)8-11(13)17/h4-8,12,18H,3H2,1-2H3. The average molecular weight is 311 g/mol. The van der Waals surface area contributed by atoms with Crippen molar-refractivity contribution in [2.45, 2.75) is 19.4 Å². The van der Waals surface area contributed by atoms with E-state index in [1.165, 1.54) is 0 Å². The Morgan fingerprint density at radius 2 is 2.14 bits per heavy atom. The first-order chi connectivity index (χ1) is 10.1. The number of carbonyl (C=O) groups is 1. The Balaban J connectivity index is 2.33. The molecule has 1 aromatic heterocycles. The highest BCUT2D eigenvalue weighted by Crippen LogP contribution is 2.29. The van der Waals surface area contributed by atoms with Gasteiger partial charge in [0.25, 0.3) is 0 Å². The van der Waals surface area contributed by atoms with Gasteiger partial charge in [-0.2, -0.15) is 0 Å². The lowest BCUT2D eigenvalue weighted by Crippen LogP contribution is -2.12. The molecule has 0 aliphatic carbocycles. The van der Waals surface area contributed by atoms with Crippen molar-refractivity contribution in [2.24, 2.45) is 0 Å². The Kier molecular flexibility index (Phi) is 4.90. The van der Waals surface area contributed by atoms with Crippen molar-refractivity contribution in [3.63, 3.8) is 0 Å². The van der Waals surface area contributed by atoms with Crippen LogP contribution in [0.25, 0.3) is 0 Å². The van der Waals surface area contributed by atoms with Gasteiger partial charge in [-0.1, -0.05) is 13.0 Å². The first-order valence-electron chi connectivity index (χ1n) is 6.44. The minimum atomic E-state index is -0.936. The molecule has 2 aromatic rings. The van der Waals surface area contributed by atoms with E-state index in [-0.39, 0.29) is 17.3 Å². The Morgan fingerprint density at radius 1 is 1.38 bits per heavy atom. The number of ether oxygens (including phenoxy) is 1. The number of anilines is 1. The Labute approximate surface area is 125 Å². The largest absolute Gasteiger partial charge is 0.465 e. The van der Waals surface area contributed by atoms with Crippen LogP contribution in [0.3, 0.4) is 0 Å². The quantitative estimate of drug-likeness (QED) is 0.833. The van der Waals surface area contributed by atoms with Crippen LogP contribution < -0.4 is 5.32 Å². The normalized spacial score (nSPS) is 12.0. The SMILES string of the molecule is CCC(Nc1cc(C(=O)OC)c(F)cc1F)c1cccs1. The van der Waals surface area contributed by atoms with Gasteiger partial charge in [-0.05, 0) is 23.9 Å². The number of hydrogen-bond donors (Lipinski definition) is 1. The fourth-order valence-corrected chi connectivity index (χ4v) is 2.84. The van der Waals surface area contributed by atoms with Crippen molar-refractivity contribution in [3.05, 3.63) is 51.7 Å². The zero-order valence-electron chi connectivity index (χ0n) is 11.7. The number of halogens is 2. The Hall–Kier alpha value is -1.95. The molecule has 0 spiro atoms. The summed E-state index contributed by atoms with van der Waals surface area (Å²) in [6.45, 7) is 1.96. The first-order valence-corrected chi connectivity index (χ1v) is 7.32. The van der Waals surface area contributed by atoms with Crippen LogP contribution in [0.4, 0.5) is 14.5 Å². The van der Waals surface area contributed by atoms with Crippen molar-refractivity contribution < 1.29 is 18.3 Å². The summed E-state index contributed by atoms with van der Waals surface area (Å²) in [6, 6.07) is 5.58. The zero-order valence-corrected chi connectivity index (χ0v) is 12.5. The van der Waals surface area contributed by atoms with Gasteiger partial charge in [0.1, 0.15) is 11.6 Å². The van der Waals surface area contributed by atoms with E-state index in [0.29, 0.717) is 6.07 Å². The number of thiophene rings is 1. The number of methoxy groups -OCH3 is 1. The fraction of sp³-hybridized carbons (Fsp3) is 0.267. The summed E-state index contributed by atoms with van der Waals surface area (Å²) in [6.07, 6.45) is 0.727. The smallest absolute Gasteiger partial charge is 0.340 e. The summed E-state index contributed by atoms with van der Waals surface area (Å²) in [7, 11) is 1.15. The molecule has 0 amide bonds. The Bertz CT molecular complexity index is 629. The van der Waals surface area contributed by atoms with E-state index in [0.717, 1.165) is 24.5 Å². The predicted octanol–water partition coefficient (Wildman–Crippen LogP) is 4.38. The number of nitrogens with one attached hydrogen (secondary N) is 1. The number of benzene rings is 1. The molecule has 1 atom stereocenters. The molecule has 0 saturated heterocycles. The van der Waals surface area contributed by atoms with Crippen LogP contribution in [0, 0.1) is 11.6 Å². The molecule has 0 radical (unpaired) electrons. The predicted molar refractivity (Wildman–Crippen MR) is 78.7 cm³/mol. The van der Waals surface area contributed by atoms with Crippen LogP contribution in [0.2, 0.25) is 0 Å². The highest BCUT2D eigenvalue weighted by atomic mass is 32.1. The third-order valence-electron chi connectivity index (χ3n) is 3.09. The molecule has 0 aliphatic rings. The molecule has 2 rings (SSSR count). The molecule has 0 bridgehead atoms. The summed E-state index contributed by atoms with van der Waals surface area (Å²) in [5.41, 5.74) is -0.209. The molecule has 112 valence electrons. The summed E-state index contributed by atoms with van der Waals surface area (Å²) >= 11 is 1.55. The molecule has 1 unspecified atom stereocenters. The lowest BCUT2D eigenvalue weighted by atomic mass is 10.1. The lowest BCUT2D eigenvalue weighted by Gasteiger charge is -2.18. The number of carbonyl (C=O) groups excluding carboxylic acids is 1.